The Kier molecular flexibility index (Phi) is 8.67. The number of likely N-dealkylation sites (tertiary alicyclic amines) is 1. The molecule has 5 rings (SSSR count). The molecule has 2 amide bonds. The van der Waals surface area contributed by atoms with E-state index < -0.39 is 0 Å². The molecule has 0 aliphatic carbocycles. The van der Waals surface area contributed by atoms with Crippen molar-refractivity contribution in [2.75, 3.05) is 52.1 Å². The van der Waals surface area contributed by atoms with Crippen LogP contribution in [0.3, 0.4) is 0 Å². The number of nitrogens with zero attached hydrogens (tertiary/aromatic N) is 7. The van der Waals surface area contributed by atoms with Crippen molar-refractivity contribution in [1.82, 2.24) is 39.7 Å². The summed E-state index contributed by atoms with van der Waals surface area (Å²) < 4.78 is 3.79. The Morgan fingerprint density at radius 1 is 0.974 bits per heavy atom. The predicted octanol–water partition coefficient (Wildman–Crippen LogP) is 2.90. The third kappa shape index (κ3) is 6.90. The fourth-order valence-corrected chi connectivity index (χ4v) is 5.15. The van der Waals surface area contributed by atoms with Crippen LogP contribution in [0, 0.1) is 0 Å². The molecule has 39 heavy (non-hydrogen) atoms. The minimum atomic E-state index is -0.377. The summed E-state index contributed by atoms with van der Waals surface area (Å²) in [5.74, 6) is -0.643. The van der Waals surface area contributed by atoms with Gasteiger partial charge in [-0.15, -0.1) is 0 Å². The normalized spacial score (nSPS) is 18.2. The van der Waals surface area contributed by atoms with E-state index >= 15 is 0 Å². The van der Waals surface area contributed by atoms with E-state index in [0.29, 0.717) is 17.9 Å². The summed E-state index contributed by atoms with van der Waals surface area (Å²) in [6.45, 7) is 5.43. The van der Waals surface area contributed by atoms with E-state index in [1.165, 1.54) is 0 Å². The van der Waals surface area contributed by atoms with Gasteiger partial charge >= 0.3 is 0 Å². The molecule has 5 heterocycles. The van der Waals surface area contributed by atoms with Crippen LogP contribution < -0.4 is 10.6 Å². The number of aryl methyl sites for hydroxylation is 1. The van der Waals surface area contributed by atoms with Crippen molar-refractivity contribution in [3.05, 3.63) is 48.2 Å². The van der Waals surface area contributed by atoms with E-state index in [1.54, 1.807) is 18.5 Å². The molecule has 0 radical (unpaired) electrons. The standard InChI is InChI=1S/C28H39N9O2/c1-34(2)16-17-35-14-10-22(11-15-35)37-20-25-26(33-37)28(39)29-12-5-3-4-6-13-36-19-21(18-30-36)23-8-7-9-24(31-23)27(38)32-25/h7-9,18-20,22H,3-6,10-17H2,1-2H3,(H,29,39)(H,32,38). The van der Waals surface area contributed by atoms with Gasteiger partial charge in [0.25, 0.3) is 11.8 Å². The molecular weight excluding hydrogens is 494 g/mol. The van der Waals surface area contributed by atoms with Crippen molar-refractivity contribution in [1.29, 1.82) is 0 Å². The van der Waals surface area contributed by atoms with Gasteiger partial charge in [0, 0.05) is 57.2 Å². The van der Waals surface area contributed by atoms with Gasteiger partial charge in [-0.25, -0.2) is 4.98 Å². The first-order chi connectivity index (χ1) is 19.0. The van der Waals surface area contributed by atoms with Gasteiger partial charge in [0.1, 0.15) is 5.69 Å². The molecule has 11 nitrogen and oxygen atoms in total. The van der Waals surface area contributed by atoms with Gasteiger partial charge in [-0.05, 0) is 51.9 Å². The van der Waals surface area contributed by atoms with Crippen molar-refractivity contribution < 1.29 is 9.59 Å². The fraction of sp³-hybridized carbons (Fsp3) is 0.536. The highest BCUT2D eigenvalue weighted by molar-refractivity contribution is 6.07. The molecular formula is C28H39N9O2. The molecule has 0 saturated carbocycles. The van der Waals surface area contributed by atoms with Crippen LogP contribution in [-0.4, -0.2) is 93.0 Å². The highest BCUT2D eigenvalue weighted by atomic mass is 16.2. The first-order valence-corrected chi connectivity index (χ1v) is 14.0. The fourth-order valence-electron chi connectivity index (χ4n) is 5.15. The summed E-state index contributed by atoms with van der Waals surface area (Å²) in [5, 5.41) is 15.1. The topological polar surface area (TPSA) is 113 Å². The van der Waals surface area contributed by atoms with Gasteiger partial charge in [0.15, 0.2) is 5.69 Å². The van der Waals surface area contributed by atoms with E-state index in [-0.39, 0.29) is 29.2 Å². The van der Waals surface area contributed by atoms with Crippen molar-refractivity contribution in [3.8, 4) is 11.3 Å². The maximum Gasteiger partial charge on any atom is 0.274 e. The number of fused-ring (bicyclic) bond motifs is 6. The Hall–Kier alpha value is -3.57. The Balaban J connectivity index is 1.37. The Bertz CT molecular complexity index is 1270. The summed E-state index contributed by atoms with van der Waals surface area (Å²) in [6, 6.07) is 5.54. The number of hydrogen-bond acceptors (Lipinski definition) is 7. The summed E-state index contributed by atoms with van der Waals surface area (Å²) in [7, 11) is 4.18. The van der Waals surface area contributed by atoms with E-state index in [9.17, 15) is 9.59 Å². The summed E-state index contributed by atoms with van der Waals surface area (Å²) in [5.41, 5.74) is 2.49. The summed E-state index contributed by atoms with van der Waals surface area (Å²) in [4.78, 5) is 35.7. The van der Waals surface area contributed by atoms with Gasteiger partial charge in [0.05, 0.1) is 23.6 Å². The molecule has 208 valence electrons. The zero-order chi connectivity index (χ0) is 27.2. The molecule has 3 aromatic heterocycles. The minimum absolute atomic E-state index is 0.178. The number of likely N-dealkylation sites (N-methyl/N-ethyl adjacent to an activating group) is 1. The van der Waals surface area contributed by atoms with Crippen molar-refractivity contribution >= 4 is 17.5 Å². The second-order valence-corrected chi connectivity index (χ2v) is 10.8. The summed E-state index contributed by atoms with van der Waals surface area (Å²) in [6.07, 6.45) is 11.4. The van der Waals surface area contributed by atoms with Gasteiger partial charge in [0.2, 0.25) is 0 Å². The minimum Gasteiger partial charge on any atom is -0.351 e. The number of piperidine rings is 1. The summed E-state index contributed by atoms with van der Waals surface area (Å²) >= 11 is 0. The molecule has 1 fully saturated rings. The maximum absolute atomic E-state index is 13.3. The number of carbonyl (C=O) groups is 2. The highest BCUT2D eigenvalue weighted by Gasteiger charge is 2.26. The lowest BCUT2D eigenvalue weighted by molar-refractivity contribution is 0.0946. The first-order valence-electron chi connectivity index (χ1n) is 14.0. The monoisotopic (exact) mass is 533 g/mol. The zero-order valence-corrected chi connectivity index (χ0v) is 23.0. The van der Waals surface area contributed by atoms with Crippen LogP contribution in [0.2, 0.25) is 0 Å². The number of aromatic nitrogens is 5. The van der Waals surface area contributed by atoms with Crippen LogP contribution in [0.1, 0.15) is 65.5 Å². The lowest BCUT2D eigenvalue weighted by Crippen LogP contribution is -2.38. The van der Waals surface area contributed by atoms with Crippen LogP contribution in [0.4, 0.5) is 5.69 Å². The third-order valence-corrected chi connectivity index (χ3v) is 7.50. The molecule has 2 N–H and O–H groups in total. The molecule has 4 bridgehead atoms. The lowest BCUT2D eigenvalue weighted by Gasteiger charge is -2.32. The molecule has 0 spiro atoms. The van der Waals surface area contributed by atoms with E-state index in [0.717, 1.165) is 76.8 Å². The number of rotatable bonds is 4. The highest BCUT2D eigenvalue weighted by Crippen LogP contribution is 2.26. The molecule has 0 aromatic carbocycles. The Labute approximate surface area is 229 Å². The van der Waals surface area contributed by atoms with E-state index in [1.807, 2.05) is 27.7 Å². The van der Waals surface area contributed by atoms with Crippen LogP contribution >= 0.6 is 0 Å². The maximum atomic E-state index is 13.3. The second kappa shape index (κ2) is 12.5. The number of amides is 2. The number of nitrogens with one attached hydrogen (secondary N) is 2. The smallest absolute Gasteiger partial charge is 0.274 e. The van der Waals surface area contributed by atoms with Gasteiger partial charge in [-0.3, -0.25) is 19.0 Å². The van der Waals surface area contributed by atoms with Crippen molar-refractivity contribution in [2.45, 2.75) is 51.1 Å². The van der Waals surface area contributed by atoms with E-state index in [4.69, 9.17) is 5.10 Å². The average Bonchev–Trinajstić information content (AvgIpc) is 3.59. The number of pyridine rings is 1. The van der Waals surface area contributed by atoms with Crippen LogP contribution in [-0.2, 0) is 6.54 Å². The quantitative estimate of drug-likeness (QED) is 0.530. The molecule has 1 saturated heterocycles. The third-order valence-electron chi connectivity index (χ3n) is 7.50. The van der Waals surface area contributed by atoms with Crippen LogP contribution in [0.5, 0.6) is 0 Å². The largest absolute Gasteiger partial charge is 0.351 e. The molecule has 0 atom stereocenters. The van der Waals surface area contributed by atoms with Crippen molar-refractivity contribution in [2.24, 2.45) is 0 Å². The van der Waals surface area contributed by atoms with E-state index in [2.05, 4.69) is 44.6 Å². The molecule has 2 aliphatic heterocycles. The SMILES string of the molecule is CN(C)CCN1CCC(n2cc3c(n2)C(=O)NCCCCCCn2cc(cn2)-c2cccc(n2)C(=O)N3)CC1. The second-order valence-electron chi connectivity index (χ2n) is 10.8. The number of hydrogen-bond donors (Lipinski definition) is 2. The molecule has 2 aliphatic rings. The van der Waals surface area contributed by atoms with Gasteiger partial charge < -0.3 is 20.4 Å². The van der Waals surface area contributed by atoms with Crippen LogP contribution in [0.25, 0.3) is 11.3 Å². The first kappa shape index (κ1) is 27.0. The molecule has 3 aromatic rings. The van der Waals surface area contributed by atoms with Gasteiger partial charge in [-0.1, -0.05) is 18.9 Å². The predicted molar refractivity (Wildman–Crippen MR) is 150 cm³/mol. The molecule has 0 unspecified atom stereocenters. The Morgan fingerprint density at radius 3 is 2.59 bits per heavy atom. The van der Waals surface area contributed by atoms with Crippen molar-refractivity contribution in [3.63, 3.8) is 0 Å². The zero-order valence-electron chi connectivity index (χ0n) is 23.0. The molecule has 11 heteroatoms. The average molecular weight is 534 g/mol. The number of anilines is 1. The number of carbonyl (C=O) groups excluding carboxylic acids is 2. The van der Waals surface area contributed by atoms with Gasteiger partial charge in [-0.2, -0.15) is 10.2 Å². The van der Waals surface area contributed by atoms with Crippen LogP contribution in [0.15, 0.2) is 36.8 Å². The Morgan fingerprint density at radius 2 is 1.77 bits per heavy atom. The lowest BCUT2D eigenvalue weighted by atomic mass is 10.1.